The number of nitrogens with one attached hydrogen (secondary N) is 1. The standard InChI is InChI=1S/C29H30N4O4S/c1-29(2,3)37-28(34)33-14-12-19-15-20(5-6-22(19)18-33)27-25-16-26(31-17-21(25)11-13-30-27)32-23-7-9-24(10-8-23)38(4,35)36/h5-11,13,15-17H,12,14,18H2,1-4H3,(H,31,32). The molecule has 0 saturated heterocycles. The lowest BCUT2D eigenvalue weighted by Crippen LogP contribution is -2.39. The number of amides is 1. The van der Waals surface area contributed by atoms with Crippen LogP contribution >= 0.6 is 0 Å². The van der Waals surface area contributed by atoms with Gasteiger partial charge in [0.1, 0.15) is 11.4 Å². The highest BCUT2D eigenvalue weighted by molar-refractivity contribution is 7.90. The van der Waals surface area contributed by atoms with E-state index in [2.05, 4.69) is 27.4 Å². The summed E-state index contributed by atoms with van der Waals surface area (Å²) in [6.45, 7) is 6.74. The Morgan fingerprint density at radius 3 is 2.47 bits per heavy atom. The summed E-state index contributed by atoms with van der Waals surface area (Å²) in [6, 6.07) is 16.7. The van der Waals surface area contributed by atoms with Crippen molar-refractivity contribution in [1.29, 1.82) is 0 Å². The molecular weight excluding hydrogens is 500 g/mol. The van der Waals surface area contributed by atoms with Crippen molar-refractivity contribution < 1.29 is 17.9 Å². The van der Waals surface area contributed by atoms with Gasteiger partial charge in [-0.2, -0.15) is 0 Å². The number of aromatic nitrogens is 2. The van der Waals surface area contributed by atoms with Crippen molar-refractivity contribution in [2.75, 3.05) is 18.1 Å². The molecule has 0 saturated carbocycles. The summed E-state index contributed by atoms with van der Waals surface area (Å²) in [4.78, 5) is 23.8. The fraction of sp³-hybridized carbons (Fsp3) is 0.276. The molecule has 9 heteroatoms. The van der Waals surface area contributed by atoms with Gasteiger partial charge in [0.15, 0.2) is 9.84 Å². The SMILES string of the molecule is CC(C)(C)OC(=O)N1CCc2cc(-c3nccc4cnc(Nc5ccc(S(C)(=O)=O)cc5)cc34)ccc2C1. The van der Waals surface area contributed by atoms with Gasteiger partial charge in [-0.15, -0.1) is 0 Å². The van der Waals surface area contributed by atoms with Gasteiger partial charge < -0.3 is 15.0 Å². The summed E-state index contributed by atoms with van der Waals surface area (Å²) >= 11 is 0. The van der Waals surface area contributed by atoms with Crippen molar-refractivity contribution >= 4 is 38.2 Å². The zero-order valence-corrected chi connectivity index (χ0v) is 22.7. The third-order valence-electron chi connectivity index (χ3n) is 6.35. The molecule has 0 spiro atoms. The Morgan fingerprint density at radius 1 is 1.00 bits per heavy atom. The topological polar surface area (TPSA) is 101 Å². The molecule has 8 nitrogen and oxygen atoms in total. The first kappa shape index (κ1) is 25.7. The molecule has 0 fully saturated rings. The molecule has 196 valence electrons. The van der Waals surface area contributed by atoms with E-state index in [9.17, 15) is 13.2 Å². The van der Waals surface area contributed by atoms with Crippen molar-refractivity contribution in [1.82, 2.24) is 14.9 Å². The molecule has 3 heterocycles. The van der Waals surface area contributed by atoms with Crippen molar-refractivity contribution in [3.63, 3.8) is 0 Å². The number of carbonyl (C=O) groups excluding carboxylic acids is 1. The van der Waals surface area contributed by atoms with Crippen LogP contribution in [0.5, 0.6) is 0 Å². The van der Waals surface area contributed by atoms with Crippen molar-refractivity contribution in [2.24, 2.45) is 0 Å². The average Bonchev–Trinajstić information content (AvgIpc) is 2.86. The molecule has 0 bridgehead atoms. The van der Waals surface area contributed by atoms with E-state index in [1.807, 2.05) is 39.0 Å². The number of fused-ring (bicyclic) bond motifs is 2. The smallest absolute Gasteiger partial charge is 0.410 e. The number of pyridine rings is 2. The molecule has 0 aliphatic carbocycles. The van der Waals surface area contributed by atoms with Gasteiger partial charge in [0.05, 0.1) is 10.6 Å². The summed E-state index contributed by atoms with van der Waals surface area (Å²) < 4.78 is 29.0. The van der Waals surface area contributed by atoms with E-state index in [-0.39, 0.29) is 11.0 Å². The summed E-state index contributed by atoms with van der Waals surface area (Å²) in [5, 5.41) is 5.16. The molecular formula is C29H30N4O4S. The van der Waals surface area contributed by atoms with Crippen LogP contribution in [0.15, 0.2) is 71.9 Å². The summed E-state index contributed by atoms with van der Waals surface area (Å²) in [5.74, 6) is 0.629. The second-order valence-electron chi connectivity index (χ2n) is 10.5. The fourth-order valence-electron chi connectivity index (χ4n) is 4.48. The van der Waals surface area contributed by atoms with E-state index in [1.165, 1.54) is 11.8 Å². The van der Waals surface area contributed by atoms with E-state index in [0.717, 1.165) is 39.7 Å². The van der Waals surface area contributed by atoms with Crippen LogP contribution in [0.4, 0.5) is 16.3 Å². The molecule has 0 atom stereocenters. The first-order valence-corrected chi connectivity index (χ1v) is 14.3. The Balaban J connectivity index is 1.41. The highest BCUT2D eigenvalue weighted by atomic mass is 32.2. The molecule has 0 unspecified atom stereocenters. The van der Waals surface area contributed by atoms with Crippen LogP contribution in [0.3, 0.4) is 0 Å². The Morgan fingerprint density at radius 2 is 1.76 bits per heavy atom. The summed E-state index contributed by atoms with van der Waals surface area (Å²) in [6.07, 6.45) is 5.21. The highest BCUT2D eigenvalue weighted by Crippen LogP contribution is 2.32. The number of carbonyl (C=O) groups is 1. The van der Waals surface area contributed by atoms with Crippen LogP contribution in [0.1, 0.15) is 31.9 Å². The second-order valence-corrected chi connectivity index (χ2v) is 12.5. The van der Waals surface area contributed by atoms with Gasteiger partial charge >= 0.3 is 6.09 Å². The van der Waals surface area contributed by atoms with E-state index in [4.69, 9.17) is 4.74 Å². The predicted octanol–water partition coefficient (Wildman–Crippen LogP) is 5.74. The first-order valence-electron chi connectivity index (χ1n) is 12.4. The zero-order chi connectivity index (χ0) is 27.1. The normalized spacial score (nSPS) is 13.7. The molecule has 1 aliphatic heterocycles. The number of anilines is 2. The van der Waals surface area contributed by atoms with Gasteiger partial charge in [0.2, 0.25) is 0 Å². The maximum absolute atomic E-state index is 12.5. The number of sulfone groups is 1. The van der Waals surface area contributed by atoms with Gasteiger partial charge in [-0.25, -0.2) is 18.2 Å². The zero-order valence-electron chi connectivity index (χ0n) is 21.9. The fourth-order valence-corrected chi connectivity index (χ4v) is 5.11. The Bertz CT molecular complexity index is 1630. The van der Waals surface area contributed by atoms with E-state index in [0.29, 0.717) is 18.9 Å². The number of benzene rings is 2. The third-order valence-corrected chi connectivity index (χ3v) is 7.47. The number of nitrogens with zero attached hydrogens (tertiary/aromatic N) is 3. The molecule has 5 rings (SSSR count). The summed E-state index contributed by atoms with van der Waals surface area (Å²) in [5.41, 5.74) is 4.35. The molecule has 2 aromatic heterocycles. The predicted molar refractivity (Wildman–Crippen MR) is 148 cm³/mol. The van der Waals surface area contributed by atoms with Crippen molar-refractivity contribution in [3.8, 4) is 11.3 Å². The Kier molecular flexibility index (Phi) is 6.56. The van der Waals surface area contributed by atoms with Crippen LogP contribution < -0.4 is 5.32 Å². The largest absolute Gasteiger partial charge is 0.444 e. The van der Waals surface area contributed by atoms with Crippen molar-refractivity contribution in [2.45, 2.75) is 44.2 Å². The van der Waals surface area contributed by atoms with Crippen molar-refractivity contribution in [3.05, 3.63) is 78.1 Å². The lowest BCUT2D eigenvalue weighted by Gasteiger charge is -2.31. The van der Waals surface area contributed by atoms with Crippen LogP contribution in [-0.4, -0.2) is 47.8 Å². The van der Waals surface area contributed by atoms with Gasteiger partial charge in [-0.05, 0) is 80.8 Å². The minimum atomic E-state index is -3.26. The quantitative estimate of drug-likeness (QED) is 0.359. The van der Waals surface area contributed by atoms with Gasteiger partial charge in [-0.3, -0.25) is 4.98 Å². The van der Waals surface area contributed by atoms with Gasteiger partial charge in [0.25, 0.3) is 0 Å². The number of rotatable bonds is 4. The van der Waals surface area contributed by atoms with Gasteiger partial charge in [0, 0.05) is 53.8 Å². The van der Waals surface area contributed by atoms with Crippen LogP contribution in [0.25, 0.3) is 22.0 Å². The van der Waals surface area contributed by atoms with Crippen LogP contribution in [0, 0.1) is 0 Å². The molecule has 1 amide bonds. The Labute approximate surface area is 222 Å². The molecule has 4 aromatic rings. The average molecular weight is 531 g/mol. The minimum Gasteiger partial charge on any atom is -0.444 e. The van der Waals surface area contributed by atoms with Crippen LogP contribution in [-0.2, 0) is 27.5 Å². The van der Waals surface area contributed by atoms with E-state index < -0.39 is 15.4 Å². The summed E-state index contributed by atoms with van der Waals surface area (Å²) in [7, 11) is -3.26. The van der Waals surface area contributed by atoms with E-state index in [1.54, 1.807) is 41.6 Å². The lowest BCUT2D eigenvalue weighted by molar-refractivity contribution is 0.0224. The molecule has 1 N–H and O–H groups in total. The maximum Gasteiger partial charge on any atom is 0.410 e. The number of ether oxygens (including phenoxy) is 1. The monoisotopic (exact) mass is 530 g/mol. The van der Waals surface area contributed by atoms with Gasteiger partial charge in [-0.1, -0.05) is 12.1 Å². The maximum atomic E-state index is 12.5. The molecule has 38 heavy (non-hydrogen) atoms. The second kappa shape index (κ2) is 9.72. The number of hydrogen-bond acceptors (Lipinski definition) is 7. The lowest BCUT2D eigenvalue weighted by atomic mass is 9.95. The van der Waals surface area contributed by atoms with E-state index >= 15 is 0 Å². The molecule has 2 aromatic carbocycles. The highest BCUT2D eigenvalue weighted by Gasteiger charge is 2.26. The number of hydrogen-bond donors (Lipinski definition) is 1. The minimum absolute atomic E-state index is 0.266. The molecule has 0 radical (unpaired) electrons. The first-order chi connectivity index (χ1) is 18.0. The van der Waals surface area contributed by atoms with Crippen LogP contribution in [0.2, 0.25) is 0 Å². The molecule has 1 aliphatic rings. The third kappa shape index (κ3) is 5.62. The Hall–Kier alpha value is -3.98.